The first kappa shape index (κ1) is 28.3. The second-order valence-corrected chi connectivity index (χ2v) is 9.98. The summed E-state index contributed by atoms with van der Waals surface area (Å²) >= 11 is 0. The van der Waals surface area contributed by atoms with Crippen molar-refractivity contribution in [2.24, 2.45) is 5.92 Å². The maximum Gasteiger partial charge on any atom is 0.416 e. The minimum atomic E-state index is -4.53. The number of hydrogen-bond acceptors (Lipinski definition) is 5. The van der Waals surface area contributed by atoms with E-state index >= 15 is 0 Å². The summed E-state index contributed by atoms with van der Waals surface area (Å²) in [5.74, 6) is -0.122. The first-order valence-corrected chi connectivity index (χ1v) is 12.7. The molecule has 0 aliphatic heterocycles. The Morgan fingerprint density at radius 1 is 1.11 bits per heavy atom. The summed E-state index contributed by atoms with van der Waals surface area (Å²) in [6.45, 7) is 9.08. The van der Waals surface area contributed by atoms with Gasteiger partial charge >= 0.3 is 6.18 Å². The van der Waals surface area contributed by atoms with Gasteiger partial charge in [0.15, 0.2) is 5.78 Å². The molecule has 1 aromatic heterocycles. The summed E-state index contributed by atoms with van der Waals surface area (Å²) in [5.41, 5.74) is 0.371. The number of aromatic nitrogens is 2. The van der Waals surface area contributed by atoms with Crippen molar-refractivity contribution in [2.45, 2.75) is 84.9 Å². The minimum Gasteiger partial charge on any atom is -0.347 e. The Kier molecular flexibility index (Phi) is 8.76. The molecule has 9 heteroatoms. The zero-order valence-corrected chi connectivity index (χ0v) is 22.1. The molecule has 1 aliphatic carbocycles. The second kappa shape index (κ2) is 11.4. The van der Waals surface area contributed by atoms with Gasteiger partial charge in [0.1, 0.15) is 12.1 Å². The van der Waals surface area contributed by atoms with E-state index in [0.29, 0.717) is 22.6 Å². The molecule has 37 heavy (non-hydrogen) atoms. The van der Waals surface area contributed by atoms with Crippen LogP contribution in [0.2, 0.25) is 0 Å². The number of amides is 1. The van der Waals surface area contributed by atoms with E-state index in [-0.39, 0.29) is 34.1 Å². The number of rotatable bonds is 8. The first-order valence-electron chi connectivity index (χ1n) is 12.7. The molecule has 6 nitrogen and oxygen atoms in total. The Labute approximate surface area is 215 Å². The fourth-order valence-electron chi connectivity index (χ4n) is 4.82. The molecule has 1 saturated carbocycles. The van der Waals surface area contributed by atoms with E-state index < -0.39 is 11.7 Å². The van der Waals surface area contributed by atoms with E-state index in [2.05, 4.69) is 34.4 Å². The molecule has 2 N–H and O–H groups in total. The number of halogens is 3. The number of ketones is 1. The Morgan fingerprint density at radius 2 is 1.78 bits per heavy atom. The lowest BCUT2D eigenvalue weighted by Crippen LogP contribution is -2.54. The fourth-order valence-corrected chi connectivity index (χ4v) is 4.82. The normalized spacial score (nSPS) is 17.7. The molecule has 0 radical (unpaired) electrons. The van der Waals surface area contributed by atoms with Crippen LogP contribution in [0.5, 0.6) is 0 Å². The monoisotopic (exact) mass is 516 g/mol. The Bertz CT molecular complexity index is 1230. The van der Waals surface area contributed by atoms with Gasteiger partial charge in [0, 0.05) is 23.4 Å². The fraction of sp³-hybridized carbons (Fsp3) is 0.500. The molecule has 1 unspecified atom stereocenters. The Hall–Kier alpha value is -3.23. The molecular weight excluding hydrogens is 481 g/mol. The van der Waals surface area contributed by atoms with E-state index in [4.69, 9.17) is 0 Å². The van der Waals surface area contributed by atoms with Crippen molar-refractivity contribution in [3.05, 3.63) is 53.0 Å². The zero-order valence-electron chi connectivity index (χ0n) is 22.1. The van der Waals surface area contributed by atoms with Gasteiger partial charge in [0.25, 0.3) is 0 Å². The Balaban J connectivity index is 1.93. The Morgan fingerprint density at radius 3 is 2.38 bits per heavy atom. The van der Waals surface area contributed by atoms with E-state index in [1.165, 1.54) is 31.8 Å². The largest absolute Gasteiger partial charge is 0.416 e. The average Bonchev–Trinajstić information content (AvgIpc) is 2.86. The molecule has 200 valence electrons. The standard InChI is InChI=1S/C28H35F3N4O2/c1-6-18(3)27(12-8-7-9-13-27)35-26(37)19(4)17(2)14-24(20(5)36)34-25-22-15-21(28(29,30)31)10-11-23(22)32-16-33-25/h10-11,14-16,18H,6-9,12-13H2,1-5H3,(H,35,37)(H,32,33,34)/b19-17+,24-14+. The van der Waals surface area contributed by atoms with E-state index in [9.17, 15) is 22.8 Å². The van der Waals surface area contributed by atoms with E-state index in [1.54, 1.807) is 13.8 Å². The highest BCUT2D eigenvalue weighted by Crippen LogP contribution is 2.36. The van der Waals surface area contributed by atoms with Crippen LogP contribution in [-0.2, 0) is 15.8 Å². The number of nitrogens with one attached hydrogen (secondary N) is 2. The van der Waals surface area contributed by atoms with Gasteiger partial charge in [-0.15, -0.1) is 0 Å². The van der Waals surface area contributed by atoms with Crippen LogP contribution in [0, 0.1) is 5.92 Å². The van der Waals surface area contributed by atoms with Gasteiger partial charge in [-0.1, -0.05) is 39.5 Å². The molecule has 2 aromatic rings. The molecule has 0 saturated heterocycles. The molecular formula is C28H35F3N4O2. The second-order valence-electron chi connectivity index (χ2n) is 9.98. The number of hydrogen-bond donors (Lipinski definition) is 2. The molecule has 1 aliphatic rings. The average molecular weight is 517 g/mol. The van der Waals surface area contributed by atoms with Crippen LogP contribution in [0.4, 0.5) is 19.0 Å². The third kappa shape index (κ3) is 6.56. The van der Waals surface area contributed by atoms with Gasteiger partial charge < -0.3 is 10.6 Å². The lowest BCUT2D eigenvalue weighted by Gasteiger charge is -2.43. The van der Waals surface area contributed by atoms with Crippen LogP contribution in [0.1, 0.15) is 78.7 Å². The third-order valence-electron chi connectivity index (χ3n) is 7.55. The number of carbonyl (C=O) groups is 2. The highest BCUT2D eigenvalue weighted by molar-refractivity contribution is 6.00. The number of allylic oxidation sites excluding steroid dienone is 3. The lowest BCUT2D eigenvalue weighted by molar-refractivity contribution is -0.137. The summed E-state index contributed by atoms with van der Waals surface area (Å²) in [7, 11) is 0. The molecule has 3 rings (SSSR count). The zero-order chi connectivity index (χ0) is 27.4. The van der Waals surface area contributed by atoms with Crippen LogP contribution in [0.15, 0.2) is 47.4 Å². The maximum absolute atomic E-state index is 13.3. The van der Waals surface area contributed by atoms with Crippen molar-refractivity contribution in [1.82, 2.24) is 15.3 Å². The SMILES string of the molecule is CCC(C)C1(NC(=O)/C(C)=C(C)/C=C(/Nc2ncnc3ccc(C(F)(F)F)cc23)C(C)=O)CCCCC1. The third-order valence-corrected chi connectivity index (χ3v) is 7.55. The number of benzene rings is 1. The minimum absolute atomic E-state index is 0.0744. The van der Waals surface area contributed by atoms with Gasteiger partial charge in [-0.3, -0.25) is 9.59 Å². The van der Waals surface area contributed by atoms with E-state index in [1.807, 2.05) is 0 Å². The van der Waals surface area contributed by atoms with Crippen LogP contribution in [0.3, 0.4) is 0 Å². The topological polar surface area (TPSA) is 84.0 Å². The molecule has 0 bridgehead atoms. The van der Waals surface area contributed by atoms with Crippen LogP contribution >= 0.6 is 0 Å². The van der Waals surface area contributed by atoms with Crippen molar-refractivity contribution in [2.75, 3.05) is 5.32 Å². The number of Topliss-reactive ketones (excluding diaryl/α,β-unsaturated/α-hetero) is 1. The smallest absolute Gasteiger partial charge is 0.347 e. The van der Waals surface area contributed by atoms with Crippen molar-refractivity contribution in [1.29, 1.82) is 0 Å². The molecule has 1 aromatic carbocycles. The van der Waals surface area contributed by atoms with Crippen molar-refractivity contribution >= 4 is 28.4 Å². The quantitative estimate of drug-likeness (QED) is 0.300. The summed E-state index contributed by atoms with van der Waals surface area (Å²) in [5, 5.41) is 6.30. The van der Waals surface area contributed by atoms with Crippen molar-refractivity contribution in [3.8, 4) is 0 Å². The number of alkyl halides is 3. The van der Waals surface area contributed by atoms with Crippen LogP contribution in [-0.4, -0.2) is 27.2 Å². The lowest BCUT2D eigenvalue weighted by atomic mass is 9.72. The van der Waals surface area contributed by atoms with Crippen LogP contribution in [0.25, 0.3) is 10.9 Å². The molecule has 1 heterocycles. The molecule has 1 atom stereocenters. The number of anilines is 1. The van der Waals surface area contributed by atoms with Gasteiger partial charge in [-0.2, -0.15) is 13.2 Å². The summed E-state index contributed by atoms with van der Waals surface area (Å²) in [4.78, 5) is 33.8. The predicted molar refractivity (Wildman–Crippen MR) is 139 cm³/mol. The summed E-state index contributed by atoms with van der Waals surface area (Å²) in [6, 6.07) is 3.17. The molecule has 1 amide bonds. The molecule has 1 fully saturated rings. The maximum atomic E-state index is 13.3. The van der Waals surface area contributed by atoms with Gasteiger partial charge in [-0.25, -0.2) is 9.97 Å². The highest BCUT2D eigenvalue weighted by Gasteiger charge is 2.38. The van der Waals surface area contributed by atoms with Gasteiger partial charge in [0.05, 0.1) is 16.8 Å². The predicted octanol–water partition coefficient (Wildman–Crippen LogP) is 6.74. The van der Waals surface area contributed by atoms with E-state index in [0.717, 1.165) is 44.2 Å². The summed E-state index contributed by atoms with van der Waals surface area (Å²) < 4.78 is 39.8. The number of carbonyl (C=O) groups excluding carboxylic acids is 2. The first-order chi connectivity index (χ1) is 17.4. The number of nitrogens with zero attached hydrogens (tertiary/aromatic N) is 2. The van der Waals surface area contributed by atoms with Crippen molar-refractivity contribution in [3.63, 3.8) is 0 Å². The van der Waals surface area contributed by atoms with Crippen molar-refractivity contribution < 1.29 is 22.8 Å². The highest BCUT2D eigenvalue weighted by atomic mass is 19.4. The number of fused-ring (bicyclic) bond motifs is 1. The van der Waals surface area contributed by atoms with Crippen LogP contribution < -0.4 is 10.6 Å². The molecule has 0 spiro atoms. The van der Waals surface area contributed by atoms with Gasteiger partial charge in [-0.05, 0) is 62.5 Å². The summed E-state index contributed by atoms with van der Waals surface area (Å²) in [6.07, 6.45) is 4.39. The van der Waals surface area contributed by atoms with Gasteiger partial charge in [0.2, 0.25) is 5.91 Å².